The second-order valence-corrected chi connectivity index (χ2v) is 9.38. The van der Waals surface area contributed by atoms with Gasteiger partial charge in [0.25, 0.3) is 0 Å². The SMILES string of the molecule is COc1ccc(CC(=O)O)cc1S(=O)(=O)N(Cc1cccc(C)c1)CC1CCCO1. The molecule has 0 aromatic heterocycles. The minimum absolute atomic E-state index is 0.0330. The summed E-state index contributed by atoms with van der Waals surface area (Å²) in [6.07, 6.45) is 1.27. The molecule has 1 N–H and O–H groups in total. The fraction of sp³-hybridized carbons (Fsp3) is 0.409. The fourth-order valence-corrected chi connectivity index (χ4v) is 5.29. The van der Waals surface area contributed by atoms with E-state index in [1.165, 1.54) is 23.5 Å². The highest BCUT2D eigenvalue weighted by Gasteiger charge is 2.32. The monoisotopic (exact) mass is 433 g/mol. The second kappa shape index (κ2) is 9.59. The van der Waals surface area contributed by atoms with Crippen LogP contribution in [0.3, 0.4) is 0 Å². The van der Waals surface area contributed by atoms with Gasteiger partial charge in [-0.15, -0.1) is 0 Å². The van der Waals surface area contributed by atoms with Crippen molar-refractivity contribution >= 4 is 16.0 Å². The molecule has 1 atom stereocenters. The van der Waals surface area contributed by atoms with Crippen LogP contribution in [-0.4, -0.2) is 50.2 Å². The van der Waals surface area contributed by atoms with E-state index >= 15 is 0 Å². The predicted molar refractivity (Wildman–Crippen MR) is 112 cm³/mol. The normalized spacial score (nSPS) is 16.7. The number of aryl methyl sites for hydroxylation is 1. The van der Waals surface area contributed by atoms with Gasteiger partial charge >= 0.3 is 5.97 Å². The number of rotatable bonds is 9. The summed E-state index contributed by atoms with van der Waals surface area (Å²) in [4.78, 5) is 11.1. The lowest BCUT2D eigenvalue weighted by molar-refractivity contribution is -0.136. The van der Waals surface area contributed by atoms with Gasteiger partial charge in [0.2, 0.25) is 10.0 Å². The first-order valence-corrected chi connectivity index (χ1v) is 11.3. The lowest BCUT2D eigenvalue weighted by atomic mass is 10.1. The van der Waals surface area contributed by atoms with Crippen molar-refractivity contribution in [1.82, 2.24) is 4.31 Å². The Morgan fingerprint density at radius 1 is 1.23 bits per heavy atom. The van der Waals surface area contributed by atoms with Gasteiger partial charge in [-0.25, -0.2) is 8.42 Å². The largest absolute Gasteiger partial charge is 0.495 e. The first kappa shape index (κ1) is 22.3. The standard InChI is InChI=1S/C22H27NO6S/c1-16-5-3-6-18(11-16)14-23(15-19-7-4-10-29-19)30(26,27)21-12-17(13-22(24)25)8-9-20(21)28-2/h3,5-6,8-9,11-12,19H,4,7,10,13-15H2,1-2H3,(H,24,25). The molecule has 7 nitrogen and oxygen atoms in total. The van der Waals surface area contributed by atoms with Crippen molar-refractivity contribution in [2.45, 2.75) is 43.7 Å². The number of hydrogen-bond donors (Lipinski definition) is 1. The molecule has 0 spiro atoms. The molecule has 1 fully saturated rings. The van der Waals surface area contributed by atoms with Crippen LogP contribution in [0.5, 0.6) is 5.75 Å². The van der Waals surface area contributed by atoms with E-state index in [1.54, 1.807) is 6.07 Å². The molecule has 1 aliphatic rings. The lowest BCUT2D eigenvalue weighted by Crippen LogP contribution is -2.37. The summed E-state index contributed by atoms with van der Waals surface area (Å²) in [5.74, 6) is -0.842. The number of methoxy groups -OCH3 is 1. The third-order valence-electron chi connectivity index (χ3n) is 5.07. The van der Waals surface area contributed by atoms with E-state index in [-0.39, 0.29) is 36.3 Å². The summed E-state index contributed by atoms with van der Waals surface area (Å²) < 4.78 is 39.7. The minimum atomic E-state index is -3.97. The maximum absolute atomic E-state index is 13.7. The summed E-state index contributed by atoms with van der Waals surface area (Å²) in [5, 5.41) is 9.10. The van der Waals surface area contributed by atoms with Crippen molar-refractivity contribution in [3.8, 4) is 5.75 Å². The van der Waals surface area contributed by atoms with Gasteiger partial charge in [-0.1, -0.05) is 35.9 Å². The quantitative estimate of drug-likeness (QED) is 0.654. The van der Waals surface area contributed by atoms with Gasteiger partial charge in [0.05, 0.1) is 19.6 Å². The Kier molecular flexibility index (Phi) is 7.12. The number of benzene rings is 2. The van der Waals surface area contributed by atoms with Crippen LogP contribution in [0.4, 0.5) is 0 Å². The maximum atomic E-state index is 13.7. The van der Waals surface area contributed by atoms with Gasteiger partial charge in [-0.2, -0.15) is 4.31 Å². The molecule has 1 saturated heterocycles. The Morgan fingerprint density at radius 2 is 2.03 bits per heavy atom. The summed E-state index contributed by atoms with van der Waals surface area (Å²) >= 11 is 0. The first-order valence-electron chi connectivity index (χ1n) is 9.85. The van der Waals surface area contributed by atoms with Crippen LogP contribution in [0.2, 0.25) is 0 Å². The molecule has 3 rings (SSSR count). The Labute approximate surface area is 177 Å². The van der Waals surface area contributed by atoms with Crippen molar-refractivity contribution < 1.29 is 27.8 Å². The highest BCUT2D eigenvalue weighted by molar-refractivity contribution is 7.89. The molecule has 30 heavy (non-hydrogen) atoms. The number of sulfonamides is 1. The van der Waals surface area contributed by atoms with Gasteiger partial charge < -0.3 is 14.6 Å². The van der Waals surface area contributed by atoms with Crippen LogP contribution >= 0.6 is 0 Å². The summed E-state index contributed by atoms with van der Waals surface area (Å²) in [7, 11) is -2.57. The van der Waals surface area contributed by atoms with Crippen LogP contribution in [0, 0.1) is 6.92 Å². The Hall–Kier alpha value is -2.42. The number of carbonyl (C=O) groups is 1. The molecule has 0 aliphatic carbocycles. The lowest BCUT2D eigenvalue weighted by Gasteiger charge is -2.26. The van der Waals surface area contributed by atoms with Gasteiger partial charge in [0.15, 0.2) is 0 Å². The van der Waals surface area contributed by atoms with E-state index < -0.39 is 16.0 Å². The average molecular weight is 434 g/mol. The molecular formula is C22H27NO6S. The van der Waals surface area contributed by atoms with E-state index in [1.807, 2.05) is 31.2 Å². The molecule has 2 aromatic rings. The zero-order valence-corrected chi connectivity index (χ0v) is 18.0. The van der Waals surface area contributed by atoms with E-state index in [4.69, 9.17) is 14.6 Å². The summed E-state index contributed by atoms with van der Waals surface area (Å²) in [6, 6.07) is 12.2. The minimum Gasteiger partial charge on any atom is -0.495 e. The summed E-state index contributed by atoms with van der Waals surface area (Å²) in [5.41, 5.74) is 2.31. The van der Waals surface area contributed by atoms with Crippen LogP contribution in [0.15, 0.2) is 47.4 Å². The number of hydrogen-bond acceptors (Lipinski definition) is 5. The van der Waals surface area contributed by atoms with Gasteiger partial charge in [0, 0.05) is 19.7 Å². The molecule has 0 saturated carbocycles. The fourth-order valence-electron chi connectivity index (χ4n) is 3.62. The van der Waals surface area contributed by atoms with E-state index in [0.717, 1.165) is 24.0 Å². The third-order valence-corrected chi connectivity index (χ3v) is 6.91. The number of aliphatic carboxylic acids is 1. The molecule has 1 aliphatic heterocycles. The molecule has 162 valence electrons. The van der Waals surface area contributed by atoms with Crippen molar-refractivity contribution in [3.05, 3.63) is 59.2 Å². The molecule has 0 radical (unpaired) electrons. The number of carboxylic acid groups (broad SMARTS) is 1. The zero-order valence-electron chi connectivity index (χ0n) is 17.2. The van der Waals surface area contributed by atoms with Gasteiger partial charge in [-0.05, 0) is 43.0 Å². The van der Waals surface area contributed by atoms with Crippen LogP contribution in [0.25, 0.3) is 0 Å². The van der Waals surface area contributed by atoms with Crippen LogP contribution in [0.1, 0.15) is 29.5 Å². The Bertz CT molecular complexity index is 998. The van der Waals surface area contributed by atoms with Crippen molar-refractivity contribution in [3.63, 3.8) is 0 Å². The van der Waals surface area contributed by atoms with E-state index in [0.29, 0.717) is 12.2 Å². The third kappa shape index (κ3) is 5.38. The molecule has 1 heterocycles. The molecule has 8 heteroatoms. The van der Waals surface area contributed by atoms with Crippen molar-refractivity contribution in [2.75, 3.05) is 20.3 Å². The average Bonchev–Trinajstić information content (AvgIpc) is 3.20. The van der Waals surface area contributed by atoms with Crippen LogP contribution < -0.4 is 4.74 Å². The number of carboxylic acids is 1. The predicted octanol–water partition coefficient (Wildman–Crippen LogP) is 3.00. The summed E-state index contributed by atoms with van der Waals surface area (Å²) in [6.45, 7) is 3.00. The van der Waals surface area contributed by atoms with Gasteiger partial charge in [-0.3, -0.25) is 4.79 Å². The molecule has 2 aromatic carbocycles. The van der Waals surface area contributed by atoms with Crippen LogP contribution in [-0.2, 0) is 32.5 Å². The first-order chi connectivity index (χ1) is 14.3. The Morgan fingerprint density at radius 3 is 2.67 bits per heavy atom. The topological polar surface area (TPSA) is 93.1 Å². The molecule has 0 amide bonds. The second-order valence-electron chi connectivity index (χ2n) is 7.48. The zero-order chi connectivity index (χ0) is 21.7. The van der Waals surface area contributed by atoms with E-state index in [9.17, 15) is 13.2 Å². The maximum Gasteiger partial charge on any atom is 0.307 e. The molecule has 0 bridgehead atoms. The highest BCUT2D eigenvalue weighted by atomic mass is 32.2. The molecule has 1 unspecified atom stereocenters. The highest BCUT2D eigenvalue weighted by Crippen LogP contribution is 2.30. The molecular weight excluding hydrogens is 406 g/mol. The smallest absolute Gasteiger partial charge is 0.307 e. The Balaban J connectivity index is 2.00. The van der Waals surface area contributed by atoms with Crippen molar-refractivity contribution in [1.29, 1.82) is 0 Å². The number of ether oxygens (including phenoxy) is 2. The van der Waals surface area contributed by atoms with E-state index in [2.05, 4.69) is 0 Å². The van der Waals surface area contributed by atoms with Crippen molar-refractivity contribution in [2.24, 2.45) is 0 Å². The van der Waals surface area contributed by atoms with Gasteiger partial charge in [0.1, 0.15) is 10.6 Å². The number of nitrogens with zero attached hydrogens (tertiary/aromatic N) is 1.